The summed E-state index contributed by atoms with van der Waals surface area (Å²) in [4.78, 5) is 25.8. The normalized spacial score (nSPS) is 33.6. The number of aliphatic hydroxyl groups excluding tert-OH is 2. The fourth-order valence-corrected chi connectivity index (χ4v) is 5.66. The Balaban J connectivity index is 1.61. The van der Waals surface area contributed by atoms with Crippen LogP contribution in [-0.4, -0.2) is 111 Å². The van der Waals surface area contributed by atoms with Gasteiger partial charge in [0.2, 0.25) is 0 Å². The number of carboxylic acid groups (broad SMARTS) is 1. The van der Waals surface area contributed by atoms with Crippen molar-refractivity contribution in [2.45, 2.75) is 61.9 Å². The highest BCUT2D eigenvalue weighted by Crippen LogP contribution is 2.31. The number of aliphatic hydroxyl groups is 2. The second-order valence-electron chi connectivity index (χ2n) is 8.42. The predicted molar refractivity (Wildman–Crippen MR) is 124 cm³/mol. The van der Waals surface area contributed by atoms with Crippen LogP contribution in [0.25, 0.3) is 0 Å². The molecule has 0 aromatic rings. The number of hydrogen-bond acceptors (Lipinski definition) is 11. The molecule has 3 aliphatic rings. The smallest absolute Gasteiger partial charge is 0.320 e. The van der Waals surface area contributed by atoms with Crippen molar-refractivity contribution in [2.24, 2.45) is 32.2 Å². The van der Waals surface area contributed by atoms with Crippen molar-refractivity contribution in [1.82, 2.24) is 4.90 Å². The maximum atomic E-state index is 10.9. The van der Waals surface area contributed by atoms with Gasteiger partial charge in [0.1, 0.15) is 54.6 Å². The fourth-order valence-electron chi connectivity index (χ4n) is 4.00. The zero-order valence-electron chi connectivity index (χ0n) is 18.2. The van der Waals surface area contributed by atoms with Crippen LogP contribution in [0.4, 0.5) is 0 Å². The van der Waals surface area contributed by atoms with Gasteiger partial charge in [-0.15, -0.1) is 0 Å². The zero-order valence-corrected chi connectivity index (χ0v) is 19.0. The molecular weight excluding hydrogens is 438 g/mol. The summed E-state index contributed by atoms with van der Waals surface area (Å²) >= 11 is 0. The topological polar surface area (TPSA) is 205 Å². The molecule has 9 N–H and O–H groups in total. The van der Waals surface area contributed by atoms with Crippen LogP contribution >= 0.6 is 0 Å². The summed E-state index contributed by atoms with van der Waals surface area (Å²) in [5, 5.41) is 30.2. The van der Waals surface area contributed by atoms with Gasteiger partial charge in [-0.1, -0.05) is 0 Å². The van der Waals surface area contributed by atoms with E-state index in [0.29, 0.717) is 42.4 Å². The molecule has 0 saturated carbocycles. The van der Waals surface area contributed by atoms with Crippen molar-refractivity contribution in [1.29, 1.82) is 0 Å². The van der Waals surface area contributed by atoms with Crippen LogP contribution in [0.15, 0.2) is 15.0 Å². The van der Waals surface area contributed by atoms with Gasteiger partial charge in [-0.2, -0.15) is 0 Å². The molecule has 32 heavy (non-hydrogen) atoms. The van der Waals surface area contributed by atoms with E-state index >= 15 is 0 Å². The second-order valence-corrected chi connectivity index (χ2v) is 10.7. The molecule has 2 unspecified atom stereocenters. The molecule has 0 aromatic heterocycles. The van der Waals surface area contributed by atoms with Gasteiger partial charge in [-0.25, -0.2) is 9.98 Å². The van der Waals surface area contributed by atoms with Gasteiger partial charge in [0.15, 0.2) is 17.7 Å². The van der Waals surface area contributed by atoms with E-state index in [1.54, 1.807) is 4.90 Å². The van der Waals surface area contributed by atoms with Crippen molar-refractivity contribution >= 4 is 34.8 Å². The first kappa shape index (κ1) is 25.0. The van der Waals surface area contributed by atoms with E-state index in [4.69, 9.17) is 27.0 Å². The first-order valence-electron chi connectivity index (χ1n) is 10.7. The largest absolute Gasteiger partial charge is 0.480 e. The predicted octanol–water partition coefficient (Wildman–Crippen LogP) is -2.58. The average Bonchev–Trinajstić information content (AvgIpc) is 3.30. The van der Waals surface area contributed by atoms with Crippen LogP contribution in [0.1, 0.15) is 25.7 Å². The Kier molecular flexibility index (Phi) is 8.25. The van der Waals surface area contributed by atoms with Crippen molar-refractivity contribution in [3.05, 3.63) is 0 Å². The third kappa shape index (κ3) is 5.30. The lowest BCUT2D eigenvalue weighted by molar-refractivity contribution is -0.138. The summed E-state index contributed by atoms with van der Waals surface area (Å²) in [7, 11) is -0.243. The fraction of sp³-hybridized carbons (Fsp3) is 0.789. The number of unbranched alkanes of at least 4 members (excludes halogenated alkanes) is 1. The lowest BCUT2D eigenvalue weighted by atomic mass is 9.96. The van der Waals surface area contributed by atoms with Gasteiger partial charge in [0, 0.05) is 6.42 Å². The summed E-state index contributed by atoms with van der Waals surface area (Å²) < 4.78 is 6.04. The highest BCUT2D eigenvalue weighted by Gasteiger charge is 2.51. The first-order valence-corrected chi connectivity index (χ1v) is 12.7. The summed E-state index contributed by atoms with van der Waals surface area (Å²) in [5.74, 6) is 0.543. The van der Waals surface area contributed by atoms with Gasteiger partial charge in [0.05, 0.1) is 6.26 Å². The minimum absolute atomic E-state index is 0.194. The molecule has 7 atom stereocenters. The van der Waals surface area contributed by atoms with E-state index < -0.39 is 42.2 Å². The Hall–Kier alpha value is -1.61. The standard InChI is InChI=1S/C19H33N7O5S/c1-32(7-4-11(21)18(29)30)8-12-13(27)14(28)17(31-12)26-10-24-15-16(26)23-9-25-19(15,22)5-2-3-6-20/h9,11-14,17,27-28H,2-8,10,20-22H2,1H3/p+1/t11-,12+,13+,14+,17+,19?,32?/m0/s1. The number of aliphatic imine (C=N–C) groups is 3. The molecule has 1 fully saturated rings. The van der Waals surface area contributed by atoms with Crippen molar-refractivity contribution in [3.8, 4) is 0 Å². The molecule has 3 heterocycles. The Morgan fingerprint density at radius 1 is 1.41 bits per heavy atom. The monoisotopic (exact) mass is 472 g/mol. The van der Waals surface area contributed by atoms with Crippen LogP contribution < -0.4 is 17.2 Å². The van der Waals surface area contributed by atoms with E-state index in [-0.39, 0.29) is 17.6 Å². The SMILES string of the molecule is C[S+](CC[C@H](N)C(=O)O)C[C@H]1O[C@@H](N2CN=C3C2=NC=NC3(N)CCCCN)[C@H](O)[C@@H]1O. The number of rotatable bonds is 11. The Labute approximate surface area is 190 Å². The molecule has 3 rings (SSSR count). The summed E-state index contributed by atoms with van der Waals surface area (Å²) in [5.41, 5.74) is 17.2. The van der Waals surface area contributed by atoms with E-state index in [9.17, 15) is 15.0 Å². The van der Waals surface area contributed by atoms with E-state index in [0.717, 1.165) is 12.8 Å². The minimum atomic E-state index is -1.15. The number of hydrogen-bond donors (Lipinski definition) is 6. The summed E-state index contributed by atoms with van der Waals surface area (Å²) in [6, 6.07) is -0.912. The molecule has 1 saturated heterocycles. The molecule has 0 aliphatic carbocycles. The lowest BCUT2D eigenvalue weighted by Gasteiger charge is -2.32. The zero-order chi connectivity index (χ0) is 23.5. The number of nitrogens with zero attached hydrogens (tertiary/aromatic N) is 4. The lowest BCUT2D eigenvalue weighted by Crippen LogP contribution is -2.55. The van der Waals surface area contributed by atoms with Gasteiger partial charge < -0.3 is 42.2 Å². The van der Waals surface area contributed by atoms with Gasteiger partial charge in [-0.3, -0.25) is 9.79 Å². The van der Waals surface area contributed by atoms with Crippen LogP contribution in [0.5, 0.6) is 0 Å². The van der Waals surface area contributed by atoms with E-state index in [2.05, 4.69) is 15.0 Å². The first-order chi connectivity index (χ1) is 15.2. The number of aliphatic carboxylic acids is 1. The van der Waals surface area contributed by atoms with Crippen LogP contribution in [0.3, 0.4) is 0 Å². The van der Waals surface area contributed by atoms with E-state index in [1.807, 2.05) is 6.26 Å². The number of fused-ring (bicyclic) bond motifs is 1. The Morgan fingerprint density at radius 3 is 2.84 bits per heavy atom. The quantitative estimate of drug-likeness (QED) is 0.138. The number of carbonyl (C=O) groups is 1. The highest BCUT2D eigenvalue weighted by molar-refractivity contribution is 7.96. The minimum Gasteiger partial charge on any atom is -0.480 e. The molecule has 0 radical (unpaired) electrons. The number of carboxylic acids is 1. The third-order valence-electron chi connectivity index (χ3n) is 5.94. The van der Waals surface area contributed by atoms with Crippen LogP contribution in [0.2, 0.25) is 0 Å². The molecule has 12 nitrogen and oxygen atoms in total. The van der Waals surface area contributed by atoms with Gasteiger partial charge >= 0.3 is 5.97 Å². The van der Waals surface area contributed by atoms with Gasteiger partial charge in [0.25, 0.3) is 0 Å². The number of amidine groups is 1. The Bertz CT molecular complexity index is 781. The molecule has 0 spiro atoms. The maximum Gasteiger partial charge on any atom is 0.320 e. The Morgan fingerprint density at radius 2 is 2.16 bits per heavy atom. The number of ether oxygens (including phenoxy) is 1. The molecule has 180 valence electrons. The maximum absolute atomic E-state index is 10.9. The summed E-state index contributed by atoms with van der Waals surface area (Å²) in [6.45, 7) is 0.766. The molecule has 0 bridgehead atoms. The average molecular weight is 473 g/mol. The molecule has 0 amide bonds. The van der Waals surface area contributed by atoms with Crippen molar-refractivity contribution in [3.63, 3.8) is 0 Å². The van der Waals surface area contributed by atoms with Crippen molar-refractivity contribution < 1.29 is 24.9 Å². The third-order valence-corrected chi connectivity index (χ3v) is 7.77. The van der Waals surface area contributed by atoms with Crippen molar-refractivity contribution in [2.75, 3.05) is 31.0 Å². The molecule has 0 aromatic carbocycles. The second kappa shape index (κ2) is 10.5. The number of nitrogens with two attached hydrogens (primary N) is 3. The molecule has 3 aliphatic heterocycles. The molecule has 13 heteroatoms. The van der Waals surface area contributed by atoms with Gasteiger partial charge in [-0.05, 0) is 36.7 Å². The molecular formula is C19H34N7O5S+. The van der Waals surface area contributed by atoms with Crippen LogP contribution in [-0.2, 0) is 20.4 Å². The highest BCUT2D eigenvalue weighted by atomic mass is 32.2. The van der Waals surface area contributed by atoms with E-state index in [1.165, 1.54) is 6.34 Å². The van der Waals surface area contributed by atoms with Crippen LogP contribution in [0, 0.1) is 0 Å². The summed E-state index contributed by atoms with van der Waals surface area (Å²) in [6.07, 6.45) is 2.24.